The molecule has 1 aliphatic carbocycles. The van der Waals surface area contributed by atoms with Crippen LogP contribution >= 0.6 is 0 Å². The second-order valence-corrected chi connectivity index (χ2v) is 5.85. The molecule has 3 rings (SSSR count). The molecule has 1 saturated carbocycles. The van der Waals surface area contributed by atoms with Crippen molar-refractivity contribution < 1.29 is 14.6 Å². The summed E-state index contributed by atoms with van der Waals surface area (Å²) < 4.78 is 5.92. The Kier molecular flexibility index (Phi) is 5.11. The molecule has 0 bridgehead atoms. The predicted octanol–water partition coefficient (Wildman–Crippen LogP) is 4.15. The molecule has 0 spiro atoms. The van der Waals surface area contributed by atoms with Crippen molar-refractivity contribution in [3.63, 3.8) is 0 Å². The molecule has 0 aromatic heterocycles. The summed E-state index contributed by atoms with van der Waals surface area (Å²) in [7, 11) is 0. The molecule has 0 radical (unpaired) electrons. The fourth-order valence-electron chi connectivity index (χ4n) is 2.73. The molecule has 24 heavy (non-hydrogen) atoms. The highest BCUT2D eigenvalue weighted by atomic mass is 16.5. The van der Waals surface area contributed by atoms with E-state index in [9.17, 15) is 4.79 Å². The summed E-state index contributed by atoms with van der Waals surface area (Å²) in [5.74, 6) is -0.0679. The summed E-state index contributed by atoms with van der Waals surface area (Å²) in [5.41, 5.74) is 4.63. The monoisotopic (exact) mass is 324 g/mol. The topological polar surface area (TPSA) is 70.9 Å². The van der Waals surface area contributed by atoms with Gasteiger partial charge in [-0.25, -0.2) is 4.79 Å². The average Bonchev–Trinajstić information content (AvgIpc) is 3.10. The van der Waals surface area contributed by atoms with Crippen molar-refractivity contribution in [2.45, 2.75) is 31.8 Å². The van der Waals surface area contributed by atoms with Gasteiger partial charge in [0.25, 0.3) is 0 Å². The highest BCUT2D eigenvalue weighted by Crippen LogP contribution is 2.24. The van der Waals surface area contributed by atoms with Gasteiger partial charge in [-0.2, -0.15) is 5.10 Å². The number of carboxylic acids is 1. The number of nitrogens with one attached hydrogen (secondary N) is 1. The first-order valence-corrected chi connectivity index (χ1v) is 8.10. The van der Waals surface area contributed by atoms with Crippen LogP contribution in [0.2, 0.25) is 0 Å². The van der Waals surface area contributed by atoms with Gasteiger partial charge in [0.2, 0.25) is 0 Å². The van der Waals surface area contributed by atoms with Crippen LogP contribution in [-0.4, -0.2) is 23.4 Å². The second-order valence-electron chi connectivity index (χ2n) is 5.85. The molecule has 1 aliphatic rings. The quantitative estimate of drug-likeness (QED) is 0.618. The number of hydrazone groups is 1. The number of carbonyl (C=O) groups is 1. The Morgan fingerprint density at radius 2 is 1.92 bits per heavy atom. The third kappa shape index (κ3) is 4.35. The van der Waals surface area contributed by atoms with E-state index in [0.29, 0.717) is 11.8 Å². The van der Waals surface area contributed by atoms with Gasteiger partial charge < -0.3 is 9.84 Å². The Bertz CT molecular complexity index is 720. The van der Waals surface area contributed by atoms with Gasteiger partial charge in [-0.15, -0.1) is 0 Å². The van der Waals surface area contributed by atoms with E-state index in [-0.39, 0.29) is 5.56 Å². The molecule has 0 atom stereocenters. The molecule has 2 aromatic rings. The Labute approximate surface area is 141 Å². The van der Waals surface area contributed by atoms with E-state index in [2.05, 4.69) is 10.5 Å². The molecular weight excluding hydrogens is 304 g/mol. The van der Waals surface area contributed by atoms with Crippen LogP contribution in [0.4, 0.5) is 5.69 Å². The zero-order valence-corrected chi connectivity index (χ0v) is 13.3. The van der Waals surface area contributed by atoms with Gasteiger partial charge in [-0.3, -0.25) is 5.43 Å². The van der Waals surface area contributed by atoms with E-state index in [1.165, 1.54) is 18.9 Å². The molecule has 0 saturated heterocycles. The van der Waals surface area contributed by atoms with Crippen molar-refractivity contribution in [1.82, 2.24) is 0 Å². The number of ether oxygens (including phenoxy) is 1. The predicted molar refractivity (Wildman–Crippen MR) is 93.9 cm³/mol. The van der Waals surface area contributed by atoms with Crippen LogP contribution in [0.15, 0.2) is 53.6 Å². The van der Waals surface area contributed by atoms with Crippen LogP contribution in [-0.2, 0) is 0 Å². The van der Waals surface area contributed by atoms with E-state index in [1.54, 1.807) is 24.4 Å². The first-order valence-electron chi connectivity index (χ1n) is 8.10. The maximum atomic E-state index is 10.9. The summed E-state index contributed by atoms with van der Waals surface area (Å²) in [6.07, 6.45) is 6.83. The van der Waals surface area contributed by atoms with E-state index in [1.807, 2.05) is 24.3 Å². The number of hydrogen-bond donors (Lipinski definition) is 2. The summed E-state index contributed by atoms with van der Waals surface area (Å²) in [6, 6.07) is 14.3. The SMILES string of the molecule is O=C(O)c1cccc(NN=Cc2ccc(OC3CCCC3)cc2)c1. The Hall–Kier alpha value is -2.82. The van der Waals surface area contributed by atoms with Gasteiger partial charge in [-0.05, 0) is 73.7 Å². The first kappa shape index (κ1) is 16.1. The summed E-state index contributed by atoms with van der Waals surface area (Å²) in [5, 5.41) is 13.1. The highest BCUT2D eigenvalue weighted by Gasteiger charge is 2.16. The smallest absolute Gasteiger partial charge is 0.335 e. The van der Waals surface area contributed by atoms with E-state index in [4.69, 9.17) is 9.84 Å². The first-order chi connectivity index (χ1) is 11.7. The van der Waals surface area contributed by atoms with Crippen molar-refractivity contribution in [2.24, 2.45) is 5.10 Å². The largest absolute Gasteiger partial charge is 0.490 e. The second kappa shape index (κ2) is 7.64. The lowest BCUT2D eigenvalue weighted by molar-refractivity contribution is 0.0697. The maximum Gasteiger partial charge on any atom is 0.335 e. The molecule has 0 aliphatic heterocycles. The summed E-state index contributed by atoms with van der Waals surface area (Å²) in [4.78, 5) is 10.9. The molecule has 1 fully saturated rings. The number of carboxylic acid groups (broad SMARTS) is 1. The van der Waals surface area contributed by atoms with Crippen molar-refractivity contribution in [3.05, 3.63) is 59.7 Å². The van der Waals surface area contributed by atoms with Crippen molar-refractivity contribution in [2.75, 3.05) is 5.43 Å². The van der Waals surface area contributed by atoms with E-state index >= 15 is 0 Å². The molecule has 2 N–H and O–H groups in total. The number of aromatic carboxylic acids is 1. The number of rotatable bonds is 6. The van der Waals surface area contributed by atoms with Crippen LogP contribution in [0.5, 0.6) is 5.75 Å². The Morgan fingerprint density at radius 1 is 1.17 bits per heavy atom. The zero-order chi connectivity index (χ0) is 16.8. The number of anilines is 1. The van der Waals surface area contributed by atoms with Gasteiger partial charge in [0.1, 0.15) is 5.75 Å². The van der Waals surface area contributed by atoms with Crippen molar-refractivity contribution in [1.29, 1.82) is 0 Å². The van der Waals surface area contributed by atoms with Gasteiger partial charge in [-0.1, -0.05) is 6.07 Å². The lowest BCUT2D eigenvalue weighted by atomic mass is 10.2. The lowest BCUT2D eigenvalue weighted by Crippen LogP contribution is -2.10. The van der Waals surface area contributed by atoms with Gasteiger partial charge in [0.15, 0.2) is 0 Å². The minimum absolute atomic E-state index is 0.226. The fourth-order valence-corrected chi connectivity index (χ4v) is 2.73. The van der Waals surface area contributed by atoms with Gasteiger partial charge >= 0.3 is 5.97 Å². The molecule has 0 unspecified atom stereocenters. The van der Waals surface area contributed by atoms with Crippen molar-refractivity contribution >= 4 is 17.9 Å². The van der Waals surface area contributed by atoms with Crippen LogP contribution in [0.1, 0.15) is 41.6 Å². The molecule has 2 aromatic carbocycles. The number of hydrogen-bond acceptors (Lipinski definition) is 4. The molecule has 0 amide bonds. The Morgan fingerprint density at radius 3 is 2.62 bits per heavy atom. The fraction of sp³-hybridized carbons (Fsp3) is 0.263. The molecule has 5 nitrogen and oxygen atoms in total. The Balaban J connectivity index is 1.56. The lowest BCUT2D eigenvalue weighted by Gasteiger charge is -2.12. The van der Waals surface area contributed by atoms with E-state index < -0.39 is 5.97 Å². The minimum Gasteiger partial charge on any atom is -0.490 e. The molecule has 0 heterocycles. The van der Waals surface area contributed by atoms with Gasteiger partial charge in [0, 0.05) is 0 Å². The number of nitrogens with zero attached hydrogens (tertiary/aromatic N) is 1. The zero-order valence-electron chi connectivity index (χ0n) is 13.3. The van der Waals surface area contributed by atoms with Crippen LogP contribution in [0, 0.1) is 0 Å². The standard InChI is InChI=1S/C19H20N2O3/c22-19(23)15-4-3-5-16(12-15)21-20-13-14-8-10-18(11-9-14)24-17-6-1-2-7-17/h3-5,8-13,17,21H,1-2,6-7H2,(H,22,23). The van der Waals surface area contributed by atoms with Crippen molar-refractivity contribution in [3.8, 4) is 5.75 Å². The molecular formula is C19H20N2O3. The van der Waals surface area contributed by atoms with Crippen LogP contribution < -0.4 is 10.2 Å². The summed E-state index contributed by atoms with van der Waals surface area (Å²) >= 11 is 0. The molecule has 5 heteroatoms. The normalized spacial score (nSPS) is 14.8. The van der Waals surface area contributed by atoms with E-state index in [0.717, 1.165) is 24.2 Å². The minimum atomic E-state index is -0.958. The highest BCUT2D eigenvalue weighted by molar-refractivity contribution is 5.88. The van der Waals surface area contributed by atoms with Crippen LogP contribution in [0.25, 0.3) is 0 Å². The van der Waals surface area contributed by atoms with Crippen LogP contribution in [0.3, 0.4) is 0 Å². The molecule has 124 valence electrons. The third-order valence-electron chi connectivity index (χ3n) is 4.00. The average molecular weight is 324 g/mol. The maximum absolute atomic E-state index is 10.9. The summed E-state index contributed by atoms with van der Waals surface area (Å²) in [6.45, 7) is 0. The third-order valence-corrected chi connectivity index (χ3v) is 4.00. The number of benzene rings is 2. The van der Waals surface area contributed by atoms with Gasteiger partial charge in [0.05, 0.1) is 23.6 Å².